The first-order valence-electron chi connectivity index (χ1n) is 5.46. The minimum atomic E-state index is 0.807. The SMILES string of the molecule is c1cc2cnc(N3CCNCC3)nc2cn1. The average Bonchev–Trinajstić information content (AvgIpc) is 2.39. The molecule has 1 aliphatic rings. The van der Waals surface area contributed by atoms with E-state index < -0.39 is 0 Å². The number of nitrogens with one attached hydrogen (secondary N) is 1. The van der Waals surface area contributed by atoms with Gasteiger partial charge in [0, 0.05) is 44.0 Å². The van der Waals surface area contributed by atoms with Gasteiger partial charge < -0.3 is 10.2 Å². The summed E-state index contributed by atoms with van der Waals surface area (Å²) in [6.07, 6.45) is 5.40. The lowest BCUT2D eigenvalue weighted by Gasteiger charge is -2.27. The van der Waals surface area contributed by atoms with Crippen molar-refractivity contribution in [3.05, 3.63) is 24.7 Å². The van der Waals surface area contributed by atoms with Crippen molar-refractivity contribution in [3.8, 4) is 0 Å². The Morgan fingerprint density at radius 2 is 2.06 bits per heavy atom. The first-order valence-corrected chi connectivity index (χ1v) is 5.46. The van der Waals surface area contributed by atoms with Gasteiger partial charge in [-0.3, -0.25) is 4.98 Å². The van der Waals surface area contributed by atoms with Crippen molar-refractivity contribution >= 4 is 16.9 Å². The fourth-order valence-corrected chi connectivity index (χ4v) is 1.88. The third-order valence-corrected chi connectivity index (χ3v) is 2.77. The molecule has 82 valence electrons. The predicted molar refractivity (Wildman–Crippen MR) is 62.4 cm³/mol. The van der Waals surface area contributed by atoms with Crippen LogP contribution in [-0.4, -0.2) is 41.1 Å². The summed E-state index contributed by atoms with van der Waals surface area (Å²) >= 11 is 0. The van der Waals surface area contributed by atoms with Crippen LogP contribution in [0.2, 0.25) is 0 Å². The van der Waals surface area contributed by atoms with Crippen molar-refractivity contribution in [2.75, 3.05) is 31.1 Å². The van der Waals surface area contributed by atoms with Crippen molar-refractivity contribution in [2.45, 2.75) is 0 Å². The molecule has 3 rings (SSSR count). The molecule has 1 fully saturated rings. The first kappa shape index (κ1) is 9.47. The lowest BCUT2D eigenvalue weighted by atomic mass is 10.3. The normalized spacial score (nSPS) is 16.6. The van der Waals surface area contributed by atoms with Crippen LogP contribution < -0.4 is 10.2 Å². The number of hydrogen-bond donors (Lipinski definition) is 1. The van der Waals surface area contributed by atoms with Crippen LogP contribution in [0.5, 0.6) is 0 Å². The smallest absolute Gasteiger partial charge is 0.226 e. The molecule has 3 heterocycles. The Labute approximate surface area is 93.5 Å². The quantitative estimate of drug-likeness (QED) is 0.748. The van der Waals surface area contributed by atoms with Gasteiger partial charge in [0.05, 0.1) is 11.7 Å². The minimum Gasteiger partial charge on any atom is -0.338 e. The maximum Gasteiger partial charge on any atom is 0.226 e. The molecule has 2 aromatic rings. The molecule has 0 bridgehead atoms. The molecular formula is C11H13N5. The van der Waals surface area contributed by atoms with E-state index in [4.69, 9.17) is 0 Å². The van der Waals surface area contributed by atoms with Crippen LogP contribution in [0, 0.1) is 0 Å². The van der Waals surface area contributed by atoms with Gasteiger partial charge in [0.15, 0.2) is 0 Å². The van der Waals surface area contributed by atoms with Crippen LogP contribution in [0.4, 0.5) is 5.95 Å². The van der Waals surface area contributed by atoms with Gasteiger partial charge in [-0.1, -0.05) is 0 Å². The molecule has 0 spiro atoms. The van der Waals surface area contributed by atoms with Gasteiger partial charge in [-0.05, 0) is 6.07 Å². The Kier molecular flexibility index (Phi) is 2.38. The molecule has 1 saturated heterocycles. The van der Waals surface area contributed by atoms with Crippen molar-refractivity contribution < 1.29 is 0 Å². The van der Waals surface area contributed by atoms with Crippen LogP contribution in [-0.2, 0) is 0 Å². The maximum absolute atomic E-state index is 4.52. The van der Waals surface area contributed by atoms with Gasteiger partial charge in [-0.25, -0.2) is 9.97 Å². The van der Waals surface area contributed by atoms with E-state index in [9.17, 15) is 0 Å². The Balaban J connectivity index is 1.97. The Hall–Kier alpha value is -1.75. The number of fused-ring (bicyclic) bond motifs is 1. The fraction of sp³-hybridized carbons (Fsp3) is 0.364. The zero-order valence-corrected chi connectivity index (χ0v) is 8.93. The summed E-state index contributed by atoms with van der Waals surface area (Å²) in [5.41, 5.74) is 0.908. The summed E-state index contributed by atoms with van der Waals surface area (Å²) in [6.45, 7) is 3.92. The molecule has 16 heavy (non-hydrogen) atoms. The second-order valence-corrected chi connectivity index (χ2v) is 3.84. The van der Waals surface area contributed by atoms with Crippen LogP contribution in [0.15, 0.2) is 24.7 Å². The second-order valence-electron chi connectivity index (χ2n) is 3.84. The number of piperazine rings is 1. The highest BCUT2D eigenvalue weighted by Crippen LogP contribution is 2.13. The van der Waals surface area contributed by atoms with Gasteiger partial charge in [-0.2, -0.15) is 0 Å². The van der Waals surface area contributed by atoms with Crippen molar-refractivity contribution in [1.29, 1.82) is 0 Å². The topological polar surface area (TPSA) is 53.9 Å². The number of rotatable bonds is 1. The molecule has 0 amide bonds. The summed E-state index contributed by atoms with van der Waals surface area (Å²) in [7, 11) is 0. The van der Waals surface area contributed by atoms with E-state index in [1.54, 1.807) is 12.4 Å². The van der Waals surface area contributed by atoms with Gasteiger partial charge in [0.1, 0.15) is 0 Å². The number of anilines is 1. The highest BCUT2D eigenvalue weighted by atomic mass is 15.3. The molecule has 0 atom stereocenters. The molecular weight excluding hydrogens is 202 g/mol. The standard InChI is InChI=1S/C11H13N5/c1-2-13-8-10-9(1)7-14-11(15-10)16-5-3-12-4-6-16/h1-2,7-8,12H,3-6H2. The van der Waals surface area contributed by atoms with E-state index in [1.165, 1.54) is 0 Å². The predicted octanol–water partition coefficient (Wildman–Crippen LogP) is 0.434. The average molecular weight is 215 g/mol. The summed E-state index contributed by atoms with van der Waals surface area (Å²) in [5.74, 6) is 0.807. The van der Waals surface area contributed by atoms with Gasteiger partial charge in [0.2, 0.25) is 5.95 Å². The van der Waals surface area contributed by atoms with Crippen molar-refractivity contribution in [1.82, 2.24) is 20.3 Å². The lowest BCUT2D eigenvalue weighted by Crippen LogP contribution is -2.44. The Bertz CT molecular complexity index is 492. The summed E-state index contributed by atoms with van der Waals surface area (Å²) in [5, 5.41) is 4.35. The summed E-state index contributed by atoms with van der Waals surface area (Å²) in [4.78, 5) is 15.2. The third-order valence-electron chi connectivity index (χ3n) is 2.77. The molecule has 1 N–H and O–H groups in total. The number of nitrogens with zero attached hydrogens (tertiary/aromatic N) is 4. The molecule has 2 aromatic heterocycles. The first-order chi connectivity index (χ1) is 7.93. The van der Waals surface area contributed by atoms with Crippen LogP contribution >= 0.6 is 0 Å². The Morgan fingerprint density at radius 1 is 1.19 bits per heavy atom. The van der Waals surface area contributed by atoms with Gasteiger partial charge in [0.25, 0.3) is 0 Å². The van der Waals surface area contributed by atoms with Crippen molar-refractivity contribution in [2.24, 2.45) is 0 Å². The third kappa shape index (κ3) is 1.69. The molecule has 0 saturated carbocycles. The molecule has 0 aromatic carbocycles. The van der Waals surface area contributed by atoms with E-state index in [2.05, 4.69) is 25.2 Å². The maximum atomic E-state index is 4.52. The van der Waals surface area contributed by atoms with Crippen molar-refractivity contribution in [3.63, 3.8) is 0 Å². The zero-order valence-electron chi connectivity index (χ0n) is 8.93. The lowest BCUT2D eigenvalue weighted by molar-refractivity contribution is 0.580. The van der Waals surface area contributed by atoms with E-state index in [0.29, 0.717) is 0 Å². The Morgan fingerprint density at radius 3 is 2.94 bits per heavy atom. The van der Waals surface area contributed by atoms with Crippen LogP contribution in [0.3, 0.4) is 0 Å². The van der Waals surface area contributed by atoms with E-state index in [1.807, 2.05) is 12.3 Å². The van der Waals surface area contributed by atoms with Crippen LogP contribution in [0.1, 0.15) is 0 Å². The molecule has 0 radical (unpaired) electrons. The van der Waals surface area contributed by atoms with Crippen LogP contribution in [0.25, 0.3) is 10.9 Å². The number of hydrogen-bond acceptors (Lipinski definition) is 5. The minimum absolute atomic E-state index is 0.807. The fourth-order valence-electron chi connectivity index (χ4n) is 1.88. The van der Waals surface area contributed by atoms with E-state index in [0.717, 1.165) is 43.0 Å². The number of aromatic nitrogens is 3. The zero-order chi connectivity index (χ0) is 10.8. The highest BCUT2D eigenvalue weighted by Gasteiger charge is 2.12. The molecule has 1 aliphatic heterocycles. The molecule has 0 aliphatic carbocycles. The van der Waals surface area contributed by atoms with Gasteiger partial charge >= 0.3 is 0 Å². The molecule has 5 heteroatoms. The van der Waals surface area contributed by atoms with E-state index in [-0.39, 0.29) is 0 Å². The van der Waals surface area contributed by atoms with E-state index >= 15 is 0 Å². The monoisotopic (exact) mass is 215 g/mol. The number of pyridine rings is 1. The summed E-state index contributed by atoms with van der Waals surface area (Å²) in [6, 6.07) is 1.93. The second kappa shape index (κ2) is 4.02. The highest BCUT2D eigenvalue weighted by molar-refractivity contribution is 5.77. The largest absolute Gasteiger partial charge is 0.338 e. The summed E-state index contributed by atoms with van der Waals surface area (Å²) < 4.78 is 0. The molecule has 5 nitrogen and oxygen atoms in total. The van der Waals surface area contributed by atoms with Gasteiger partial charge in [-0.15, -0.1) is 0 Å². The molecule has 0 unspecified atom stereocenters.